The molecule has 1 saturated heterocycles. The smallest absolute Gasteiger partial charge is 0.262 e. The quantitative estimate of drug-likeness (QED) is 0.788. The molecule has 0 N–H and O–H groups in total. The highest BCUT2D eigenvalue weighted by Gasteiger charge is 2.37. The van der Waals surface area contributed by atoms with Crippen molar-refractivity contribution in [2.45, 2.75) is 38.9 Å². The Morgan fingerprint density at radius 3 is 2.17 bits per heavy atom. The van der Waals surface area contributed by atoms with E-state index in [0.29, 0.717) is 24.2 Å². The van der Waals surface area contributed by atoms with Gasteiger partial charge in [-0.25, -0.2) is 0 Å². The highest BCUT2D eigenvalue weighted by Crippen LogP contribution is 2.23. The number of benzene rings is 1. The second-order valence-corrected chi connectivity index (χ2v) is 6.51. The van der Waals surface area contributed by atoms with Gasteiger partial charge in [0.1, 0.15) is 6.54 Å². The molecule has 2 heterocycles. The second kappa shape index (κ2) is 6.73. The van der Waals surface area contributed by atoms with Crippen molar-refractivity contribution in [2.75, 3.05) is 19.6 Å². The third-order valence-electron chi connectivity index (χ3n) is 4.43. The van der Waals surface area contributed by atoms with Gasteiger partial charge in [0.2, 0.25) is 5.91 Å². The van der Waals surface area contributed by atoms with E-state index in [-0.39, 0.29) is 36.5 Å². The highest BCUT2D eigenvalue weighted by atomic mass is 16.5. The van der Waals surface area contributed by atoms with Crippen LogP contribution in [0, 0.1) is 0 Å². The van der Waals surface area contributed by atoms with Crippen LogP contribution in [0.4, 0.5) is 0 Å². The molecule has 0 aromatic heterocycles. The Bertz CT molecular complexity index is 628. The van der Waals surface area contributed by atoms with E-state index in [1.54, 1.807) is 29.2 Å². The lowest BCUT2D eigenvalue weighted by molar-refractivity contribution is -0.134. The number of hydrogen-bond acceptors (Lipinski definition) is 4. The van der Waals surface area contributed by atoms with Crippen LogP contribution in [0.15, 0.2) is 24.3 Å². The van der Waals surface area contributed by atoms with Crippen molar-refractivity contribution >= 4 is 17.7 Å². The SMILES string of the molecule is CC(C)OC1CCN(C(=O)CN2C(=O)c3ccccc3C2=O)CC1. The van der Waals surface area contributed by atoms with Gasteiger partial charge < -0.3 is 9.64 Å². The fourth-order valence-corrected chi connectivity index (χ4v) is 3.24. The number of imide groups is 1. The van der Waals surface area contributed by atoms with Crippen LogP contribution in [-0.4, -0.2) is 59.4 Å². The number of likely N-dealkylation sites (tertiary alicyclic amines) is 1. The fraction of sp³-hybridized carbons (Fsp3) is 0.500. The van der Waals surface area contributed by atoms with Crippen LogP contribution < -0.4 is 0 Å². The topological polar surface area (TPSA) is 66.9 Å². The van der Waals surface area contributed by atoms with E-state index in [1.807, 2.05) is 13.8 Å². The summed E-state index contributed by atoms with van der Waals surface area (Å²) < 4.78 is 5.77. The predicted octanol–water partition coefficient (Wildman–Crippen LogP) is 1.70. The van der Waals surface area contributed by atoms with Gasteiger partial charge in [0.15, 0.2) is 0 Å². The first-order chi connectivity index (χ1) is 11.5. The summed E-state index contributed by atoms with van der Waals surface area (Å²) in [6.45, 7) is 5.00. The minimum atomic E-state index is -0.387. The van der Waals surface area contributed by atoms with Crippen molar-refractivity contribution in [3.8, 4) is 0 Å². The van der Waals surface area contributed by atoms with E-state index < -0.39 is 0 Å². The first kappa shape index (κ1) is 16.6. The van der Waals surface area contributed by atoms with Crippen molar-refractivity contribution in [1.82, 2.24) is 9.80 Å². The number of fused-ring (bicyclic) bond motifs is 1. The molecule has 0 spiro atoms. The molecule has 0 aliphatic carbocycles. The van der Waals surface area contributed by atoms with Crippen LogP contribution in [0.2, 0.25) is 0 Å². The molecule has 3 rings (SSSR count). The highest BCUT2D eigenvalue weighted by molar-refractivity contribution is 6.22. The summed E-state index contributed by atoms with van der Waals surface area (Å²) in [6.07, 6.45) is 1.92. The zero-order valence-corrected chi connectivity index (χ0v) is 14.0. The molecule has 6 nitrogen and oxygen atoms in total. The maximum atomic E-state index is 12.5. The normalized spacial score (nSPS) is 18.5. The molecule has 0 bridgehead atoms. The Morgan fingerprint density at radius 2 is 1.67 bits per heavy atom. The molecule has 6 heteroatoms. The Hall–Kier alpha value is -2.21. The van der Waals surface area contributed by atoms with E-state index in [1.165, 1.54) is 0 Å². The van der Waals surface area contributed by atoms with Gasteiger partial charge >= 0.3 is 0 Å². The van der Waals surface area contributed by atoms with Gasteiger partial charge in [0.05, 0.1) is 23.3 Å². The fourth-order valence-electron chi connectivity index (χ4n) is 3.24. The van der Waals surface area contributed by atoms with E-state index >= 15 is 0 Å². The molecule has 1 aromatic rings. The van der Waals surface area contributed by atoms with Crippen molar-refractivity contribution in [3.63, 3.8) is 0 Å². The van der Waals surface area contributed by atoms with Crippen LogP contribution >= 0.6 is 0 Å². The largest absolute Gasteiger partial charge is 0.375 e. The number of nitrogens with zero attached hydrogens (tertiary/aromatic N) is 2. The molecular formula is C18H22N2O4. The summed E-state index contributed by atoms with van der Waals surface area (Å²) in [5.74, 6) is -0.962. The average Bonchev–Trinajstić information content (AvgIpc) is 2.80. The molecule has 0 unspecified atom stereocenters. The third-order valence-corrected chi connectivity index (χ3v) is 4.43. The standard InChI is InChI=1S/C18H22N2O4/c1-12(2)24-13-7-9-19(10-8-13)16(21)11-20-17(22)14-5-3-4-6-15(14)18(20)23/h3-6,12-13H,7-11H2,1-2H3. The van der Waals surface area contributed by atoms with Gasteiger partial charge in [-0.3, -0.25) is 19.3 Å². The molecule has 2 aliphatic heterocycles. The first-order valence-corrected chi connectivity index (χ1v) is 8.36. The zero-order chi connectivity index (χ0) is 17.3. The van der Waals surface area contributed by atoms with E-state index in [9.17, 15) is 14.4 Å². The molecule has 2 aliphatic rings. The summed E-state index contributed by atoms with van der Waals surface area (Å²) in [6, 6.07) is 6.67. The Balaban J connectivity index is 1.59. The molecule has 0 atom stereocenters. The van der Waals surface area contributed by atoms with Crippen LogP contribution in [0.5, 0.6) is 0 Å². The number of rotatable bonds is 4. The maximum absolute atomic E-state index is 12.5. The molecule has 3 amide bonds. The van der Waals surface area contributed by atoms with E-state index in [0.717, 1.165) is 17.7 Å². The maximum Gasteiger partial charge on any atom is 0.262 e. The Kier molecular flexibility index (Phi) is 4.66. The van der Waals surface area contributed by atoms with Crippen LogP contribution in [0.25, 0.3) is 0 Å². The summed E-state index contributed by atoms with van der Waals surface area (Å²) >= 11 is 0. The molecule has 0 saturated carbocycles. The molecule has 128 valence electrons. The monoisotopic (exact) mass is 330 g/mol. The number of carbonyl (C=O) groups is 3. The molecule has 1 fully saturated rings. The van der Waals surface area contributed by atoms with Crippen LogP contribution in [0.3, 0.4) is 0 Å². The van der Waals surface area contributed by atoms with Gasteiger partial charge in [-0.05, 0) is 38.8 Å². The lowest BCUT2D eigenvalue weighted by Crippen LogP contribution is -2.47. The average molecular weight is 330 g/mol. The molecule has 0 radical (unpaired) electrons. The van der Waals surface area contributed by atoms with Gasteiger partial charge in [-0.15, -0.1) is 0 Å². The molecular weight excluding hydrogens is 308 g/mol. The van der Waals surface area contributed by atoms with Gasteiger partial charge in [-0.2, -0.15) is 0 Å². The number of carbonyl (C=O) groups excluding carboxylic acids is 3. The Labute approximate surface area is 141 Å². The summed E-state index contributed by atoms with van der Waals surface area (Å²) in [5.41, 5.74) is 0.749. The van der Waals surface area contributed by atoms with Crippen molar-refractivity contribution < 1.29 is 19.1 Å². The van der Waals surface area contributed by atoms with Crippen molar-refractivity contribution in [3.05, 3.63) is 35.4 Å². The van der Waals surface area contributed by atoms with Crippen molar-refractivity contribution in [2.24, 2.45) is 0 Å². The summed E-state index contributed by atoms with van der Waals surface area (Å²) in [5, 5.41) is 0. The predicted molar refractivity (Wildman–Crippen MR) is 87.6 cm³/mol. The lowest BCUT2D eigenvalue weighted by atomic mass is 10.1. The van der Waals surface area contributed by atoms with Crippen LogP contribution in [0.1, 0.15) is 47.4 Å². The van der Waals surface area contributed by atoms with Gasteiger partial charge in [-0.1, -0.05) is 12.1 Å². The summed E-state index contributed by atoms with van der Waals surface area (Å²) in [4.78, 5) is 39.8. The number of hydrogen-bond donors (Lipinski definition) is 0. The molecule has 1 aromatic carbocycles. The third kappa shape index (κ3) is 3.19. The van der Waals surface area contributed by atoms with E-state index in [4.69, 9.17) is 4.74 Å². The zero-order valence-electron chi connectivity index (χ0n) is 14.0. The lowest BCUT2D eigenvalue weighted by Gasteiger charge is -2.33. The van der Waals surface area contributed by atoms with E-state index in [2.05, 4.69) is 0 Å². The minimum Gasteiger partial charge on any atom is -0.375 e. The number of piperidine rings is 1. The van der Waals surface area contributed by atoms with Crippen molar-refractivity contribution in [1.29, 1.82) is 0 Å². The van der Waals surface area contributed by atoms with Gasteiger partial charge in [0.25, 0.3) is 11.8 Å². The number of ether oxygens (including phenoxy) is 1. The molecule has 24 heavy (non-hydrogen) atoms. The summed E-state index contributed by atoms with van der Waals surface area (Å²) in [7, 11) is 0. The van der Waals surface area contributed by atoms with Gasteiger partial charge in [0, 0.05) is 13.1 Å². The number of amides is 3. The minimum absolute atomic E-state index is 0.174. The first-order valence-electron chi connectivity index (χ1n) is 8.36. The van der Waals surface area contributed by atoms with Crippen LogP contribution in [-0.2, 0) is 9.53 Å². The second-order valence-electron chi connectivity index (χ2n) is 6.51. The Morgan fingerprint density at radius 1 is 1.12 bits per heavy atom.